The molecule has 0 fully saturated rings. The van der Waals surface area contributed by atoms with Gasteiger partial charge in [-0.25, -0.2) is 0 Å². The number of pyridine rings is 1. The van der Waals surface area contributed by atoms with Gasteiger partial charge in [-0.05, 0) is 19.1 Å². The smallest absolute Gasteiger partial charge is 0.243 e. The molecule has 0 radical (unpaired) electrons. The highest BCUT2D eigenvalue weighted by molar-refractivity contribution is 9.10. The highest BCUT2D eigenvalue weighted by Gasteiger charge is 2.29. The molecule has 4 N–H and O–H groups in total. The van der Waals surface area contributed by atoms with Gasteiger partial charge in [-0.15, -0.1) is 0 Å². The van der Waals surface area contributed by atoms with E-state index in [-0.39, 0.29) is 0 Å². The first kappa shape index (κ1) is 10.1. The van der Waals surface area contributed by atoms with Crippen LogP contribution in [0.15, 0.2) is 22.8 Å². The van der Waals surface area contributed by atoms with Crippen molar-refractivity contribution in [3.8, 4) is 0 Å². The Morgan fingerprint density at radius 1 is 1.69 bits per heavy atom. The van der Waals surface area contributed by atoms with Gasteiger partial charge < -0.3 is 11.5 Å². The number of hydrogen-bond donors (Lipinski definition) is 2. The molecule has 0 saturated heterocycles. The minimum Gasteiger partial charge on any atom is -0.368 e. The lowest BCUT2D eigenvalue weighted by atomic mass is 9.98. The summed E-state index contributed by atoms with van der Waals surface area (Å²) in [5.74, 6) is -0.599. The highest BCUT2D eigenvalue weighted by atomic mass is 79.9. The van der Waals surface area contributed by atoms with Gasteiger partial charge in [0, 0.05) is 10.7 Å². The van der Waals surface area contributed by atoms with Crippen molar-refractivity contribution in [2.75, 3.05) is 0 Å². The molecule has 0 saturated carbocycles. The number of halogens is 1. The molecule has 0 aliphatic heterocycles. The molecular weight excluding hydrogens is 234 g/mol. The van der Waals surface area contributed by atoms with Crippen LogP contribution < -0.4 is 11.5 Å². The van der Waals surface area contributed by atoms with Crippen molar-refractivity contribution in [2.24, 2.45) is 11.5 Å². The van der Waals surface area contributed by atoms with Crippen LogP contribution in [0.5, 0.6) is 0 Å². The predicted octanol–water partition coefficient (Wildman–Crippen LogP) is 0.503. The Balaban J connectivity index is 3.14. The molecule has 5 heteroatoms. The van der Waals surface area contributed by atoms with Crippen molar-refractivity contribution in [3.63, 3.8) is 0 Å². The molecule has 70 valence electrons. The summed E-state index contributed by atoms with van der Waals surface area (Å²) in [6.45, 7) is 1.53. The zero-order valence-electron chi connectivity index (χ0n) is 7.12. The molecule has 13 heavy (non-hydrogen) atoms. The SMILES string of the molecule is C[C@](N)(C(N)=O)c1cc(Br)ccn1. The first-order valence-corrected chi connectivity index (χ1v) is 4.44. The third-order valence-corrected chi connectivity index (χ3v) is 2.26. The van der Waals surface area contributed by atoms with Crippen LogP contribution in [-0.4, -0.2) is 10.9 Å². The van der Waals surface area contributed by atoms with Crippen LogP contribution in [0.2, 0.25) is 0 Å². The third kappa shape index (κ3) is 2.05. The second-order valence-electron chi connectivity index (χ2n) is 2.93. The third-order valence-electron chi connectivity index (χ3n) is 1.77. The Morgan fingerprint density at radius 3 is 2.77 bits per heavy atom. The monoisotopic (exact) mass is 243 g/mol. The van der Waals surface area contributed by atoms with E-state index in [0.717, 1.165) is 4.47 Å². The minimum absolute atomic E-state index is 0.453. The number of primary amides is 1. The van der Waals surface area contributed by atoms with Crippen LogP contribution >= 0.6 is 15.9 Å². The number of nitrogens with zero attached hydrogens (tertiary/aromatic N) is 1. The van der Waals surface area contributed by atoms with Gasteiger partial charge >= 0.3 is 0 Å². The van der Waals surface area contributed by atoms with Crippen molar-refractivity contribution < 1.29 is 4.79 Å². The van der Waals surface area contributed by atoms with E-state index >= 15 is 0 Å². The number of carbonyl (C=O) groups excluding carboxylic acids is 1. The van der Waals surface area contributed by atoms with E-state index in [2.05, 4.69) is 20.9 Å². The van der Waals surface area contributed by atoms with Gasteiger partial charge in [0.15, 0.2) is 0 Å². The Bertz CT molecular complexity index is 338. The molecule has 0 spiro atoms. The molecule has 0 bridgehead atoms. The van der Waals surface area contributed by atoms with Gasteiger partial charge in [-0.3, -0.25) is 9.78 Å². The molecule has 0 aromatic carbocycles. The van der Waals surface area contributed by atoms with Crippen molar-refractivity contribution in [1.82, 2.24) is 4.98 Å². The van der Waals surface area contributed by atoms with Crippen LogP contribution in [-0.2, 0) is 10.3 Å². The van der Waals surface area contributed by atoms with E-state index in [0.29, 0.717) is 5.69 Å². The van der Waals surface area contributed by atoms with Crippen molar-refractivity contribution in [3.05, 3.63) is 28.5 Å². The van der Waals surface area contributed by atoms with Gasteiger partial charge in [0.1, 0.15) is 5.54 Å². The molecule has 0 aliphatic rings. The number of hydrogen-bond acceptors (Lipinski definition) is 3. The molecule has 1 aromatic heterocycles. The van der Waals surface area contributed by atoms with Crippen molar-refractivity contribution >= 4 is 21.8 Å². The van der Waals surface area contributed by atoms with Crippen LogP contribution in [0.25, 0.3) is 0 Å². The highest BCUT2D eigenvalue weighted by Crippen LogP contribution is 2.18. The fraction of sp³-hybridized carbons (Fsp3) is 0.250. The van der Waals surface area contributed by atoms with Crippen LogP contribution in [0.3, 0.4) is 0 Å². The zero-order chi connectivity index (χ0) is 10.1. The summed E-state index contributed by atoms with van der Waals surface area (Å²) in [6.07, 6.45) is 1.56. The Morgan fingerprint density at radius 2 is 2.31 bits per heavy atom. The average Bonchev–Trinajstić information content (AvgIpc) is 2.04. The summed E-state index contributed by atoms with van der Waals surface area (Å²) in [5, 5.41) is 0. The number of amides is 1. The van der Waals surface area contributed by atoms with E-state index < -0.39 is 11.4 Å². The molecule has 1 aromatic rings. The Labute approximate surface area is 84.5 Å². The first-order valence-electron chi connectivity index (χ1n) is 3.65. The Kier molecular flexibility index (Phi) is 2.68. The number of aromatic nitrogens is 1. The molecule has 1 amide bonds. The maximum atomic E-state index is 11.0. The van der Waals surface area contributed by atoms with Gasteiger partial charge in [0.2, 0.25) is 5.91 Å². The summed E-state index contributed by atoms with van der Waals surface area (Å²) in [7, 11) is 0. The van der Waals surface area contributed by atoms with Crippen molar-refractivity contribution in [1.29, 1.82) is 0 Å². The standard InChI is InChI=1S/C8H10BrN3O/c1-8(11,7(10)13)6-4-5(9)2-3-12-6/h2-4H,11H2,1H3,(H2,10,13)/t8-/m1/s1. The maximum absolute atomic E-state index is 11.0. The van der Waals surface area contributed by atoms with E-state index in [9.17, 15) is 4.79 Å². The zero-order valence-corrected chi connectivity index (χ0v) is 8.71. The predicted molar refractivity (Wildman–Crippen MR) is 52.7 cm³/mol. The van der Waals surface area contributed by atoms with Gasteiger partial charge in [-0.2, -0.15) is 0 Å². The first-order chi connectivity index (χ1) is 5.94. The number of carbonyl (C=O) groups is 1. The lowest BCUT2D eigenvalue weighted by Crippen LogP contribution is -2.46. The van der Waals surface area contributed by atoms with Crippen LogP contribution in [0, 0.1) is 0 Å². The second kappa shape index (κ2) is 3.43. The lowest BCUT2D eigenvalue weighted by molar-refractivity contribution is -0.122. The van der Waals surface area contributed by atoms with Crippen molar-refractivity contribution in [2.45, 2.75) is 12.5 Å². The van der Waals surface area contributed by atoms with E-state index in [4.69, 9.17) is 11.5 Å². The van der Waals surface area contributed by atoms with E-state index in [1.165, 1.54) is 6.92 Å². The van der Waals surface area contributed by atoms with Crippen LogP contribution in [0.1, 0.15) is 12.6 Å². The van der Waals surface area contributed by atoms with Gasteiger partial charge in [0.05, 0.1) is 5.69 Å². The molecule has 1 rings (SSSR count). The van der Waals surface area contributed by atoms with Gasteiger partial charge in [0.25, 0.3) is 0 Å². The van der Waals surface area contributed by atoms with E-state index in [1.807, 2.05) is 0 Å². The molecule has 1 atom stereocenters. The normalized spacial score (nSPS) is 15.0. The fourth-order valence-electron chi connectivity index (χ4n) is 0.815. The molecule has 4 nitrogen and oxygen atoms in total. The largest absolute Gasteiger partial charge is 0.368 e. The number of rotatable bonds is 2. The average molecular weight is 244 g/mol. The lowest BCUT2D eigenvalue weighted by Gasteiger charge is -2.19. The molecule has 0 aliphatic carbocycles. The fourth-order valence-corrected chi connectivity index (χ4v) is 1.15. The quantitative estimate of drug-likeness (QED) is 0.794. The molecule has 1 heterocycles. The van der Waals surface area contributed by atoms with Crippen LogP contribution in [0.4, 0.5) is 0 Å². The topological polar surface area (TPSA) is 82.0 Å². The number of nitrogens with two attached hydrogens (primary N) is 2. The summed E-state index contributed by atoms with van der Waals surface area (Å²) in [5.41, 5.74) is 10.1. The maximum Gasteiger partial charge on any atom is 0.243 e. The summed E-state index contributed by atoms with van der Waals surface area (Å²) in [4.78, 5) is 15.0. The van der Waals surface area contributed by atoms with Gasteiger partial charge in [-0.1, -0.05) is 15.9 Å². The summed E-state index contributed by atoms with van der Waals surface area (Å²) in [6, 6.07) is 3.42. The molecular formula is C8H10BrN3O. The molecule has 0 unspecified atom stereocenters. The Hall–Kier alpha value is -0.940. The minimum atomic E-state index is -1.22. The summed E-state index contributed by atoms with van der Waals surface area (Å²) < 4.78 is 0.815. The van der Waals surface area contributed by atoms with E-state index in [1.54, 1.807) is 18.3 Å². The second-order valence-corrected chi connectivity index (χ2v) is 3.84. The summed E-state index contributed by atoms with van der Waals surface area (Å²) >= 11 is 3.26.